The third-order valence-electron chi connectivity index (χ3n) is 5.04. The molecule has 4 rings (SSSR count). The van der Waals surface area contributed by atoms with E-state index >= 15 is 0 Å². The van der Waals surface area contributed by atoms with Crippen molar-refractivity contribution in [1.82, 2.24) is 19.9 Å². The minimum atomic E-state index is 0.136. The number of rotatable bonds is 4. The maximum Gasteiger partial charge on any atom is 0.227 e. The van der Waals surface area contributed by atoms with Crippen LogP contribution in [-0.4, -0.2) is 38.8 Å². The van der Waals surface area contributed by atoms with Crippen molar-refractivity contribution in [3.8, 4) is 11.3 Å². The van der Waals surface area contributed by atoms with Gasteiger partial charge in [-0.15, -0.1) is 0 Å². The van der Waals surface area contributed by atoms with Crippen molar-refractivity contribution in [2.75, 3.05) is 13.1 Å². The minimum absolute atomic E-state index is 0.136. The lowest BCUT2D eigenvalue weighted by Gasteiger charge is -2.32. The second kappa shape index (κ2) is 8.48. The van der Waals surface area contributed by atoms with Gasteiger partial charge in [-0.2, -0.15) is 0 Å². The lowest BCUT2D eigenvalue weighted by molar-refractivity contribution is -0.131. The van der Waals surface area contributed by atoms with Gasteiger partial charge in [0.1, 0.15) is 0 Å². The molecule has 5 nitrogen and oxygen atoms in total. The fourth-order valence-corrected chi connectivity index (χ4v) is 3.79. The molecule has 0 aliphatic carbocycles. The predicted molar refractivity (Wildman–Crippen MR) is 109 cm³/mol. The molecule has 0 bridgehead atoms. The fourth-order valence-electron chi connectivity index (χ4n) is 3.60. The molecule has 1 amide bonds. The number of piperidine rings is 1. The van der Waals surface area contributed by atoms with Gasteiger partial charge in [0.25, 0.3) is 0 Å². The third-order valence-corrected chi connectivity index (χ3v) is 5.28. The standard InChI is InChI=1S/C22H21ClN4O/c23-19-7-1-5-17(11-19)20-13-25-14-21(26-20)18-6-3-9-27(15-18)22(28)10-16-4-2-8-24-12-16/h1-2,4-5,7-8,11-14,18H,3,6,9-10,15H2. The summed E-state index contributed by atoms with van der Waals surface area (Å²) >= 11 is 6.11. The molecule has 1 saturated heterocycles. The van der Waals surface area contributed by atoms with E-state index in [1.165, 1.54) is 0 Å². The summed E-state index contributed by atoms with van der Waals surface area (Å²) in [4.78, 5) is 28.0. The number of aromatic nitrogens is 3. The van der Waals surface area contributed by atoms with Gasteiger partial charge < -0.3 is 4.90 Å². The summed E-state index contributed by atoms with van der Waals surface area (Å²) in [6.45, 7) is 1.46. The second-order valence-electron chi connectivity index (χ2n) is 7.06. The monoisotopic (exact) mass is 392 g/mol. The fraction of sp³-hybridized carbons (Fsp3) is 0.273. The molecule has 3 aromatic rings. The molecule has 1 aliphatic heterocycles. The molecule has 1 unspecified atom stereocenters. The van der Waals surface area contributed by atoms with Gasteiger partial charge in [0, 0.05) is 48.2 Å². The number of carbonyl (C=O) groups is 1. The number of halogens is 1. The molecule has 0 spiro atoms. The molecule has 1 fully saturated rings. The Morgan fingerprint density at radius 1 is 1.14 bits per heavy atom. The SMILES string of the molecule is O=C(Cc1cccnc1)N1CCCC(c2cncc(-c3cccc(Cl)c3)n2)C1. The molecular formula is C22H21ClN4O. The van der Waals surface area contributed by atoms with Crippen LogP contribution in [0.2, 0.25) is 5.02 Å². The summed E-state index contributed by atoms with van der Waals surface area (Å²) in [6.07, 6.45) is 9.39. The van der Waals surface area contributed by atoms with E-state index in [9.17, 15) is 4.79 Å². The Balaban J connectivity index is 1.49. The van der Waals surface area contributed by atoms with Gasteiger partial charge in [0.2, 0.25) is 5.91 Å². The van der Waals surface area contributed by atoms with Crippen LogP contribution in [0.15, 0.2) is 61.2 Å². The zero-order chi connectivity index (χ0) is 19.3. The van der Waals surface area contributed by atoms with E-state index in [0.717, 1.165) is 41.9 Å². The first-order valence-electron chi connectivity index (χ1n) is 9.43. The van der Waals surface area contributed by atoms with Crippen molar-refractivity contribution in [3.05, 3.63) is 77.5 Å². The number of nitrogens with zero attached hydrogens (tertiary/aromatic N) is 4. The van der Waals surface area contributed by atoms with Crippen LogP contribution in [0.25, 0.3) is 11.3 Å². The Kier molecular flexibility index (Phi) is 5.63. The minimum Gasteiger partial charge on any atom is -0.342 e. The van der Waals surface area contributed by atoms with E-state index in [0.29, 0.717) is 18.0 Å². The highest BCUT2D eigenvalue weighted by atomic mass is 35.5. The summed E-state index contributed by atoms with van der Waals surface area (Å²) in [5.41, 5.74) is 3.62. The van der Waals surface area contributed by atoms with Gasteiger partial charge in [0.15, 0.2) is 0 Å². The van der Waals surface area contributed by atoms with Crippen molar-refractivity contribution >= 4 is 17.5 Å². The van der Waals surface area contributed by atoms with Crippen LogP contribution in [0, 0.1) is 0 Å². The van der Waals surface area contributed by atoms with Gasteiger partial charge in [-0.05, 0) is 36.6 Å². The van der Waals surface area contributed by atoms with E-state index < -0.39 is 0 Å². The average Bonchev–Trinajstić information content (AvgIpc) is 2.75. The highest BCUT2D eigenvalue weighted by Crippen LogP contribution is 2.28. The van der Waals surface area contributed by atoms with Crippen LogP contribution in [0.4, 0.5) is 0 Å². The van der Waals surface area contributed by atoms with Crippen molar-refractivity contribution in [3.63, 3.8) is 0 Å². The maximum absolute atomic E-state index is 12.7. The van der Waals surface area contributed by atoms with E-state index in [4.69, 9.17) is 16.6 Å². The Labute approximate surface area is 169 Å². The van der Waals surface area contributed by atoms with Gasteiger partial charge in [-0.3, -0.25) is 14.8 Å². The summed E-state index contributed by atoms with van der Waals surface area (Å²) in [5.74, 6) is 0.329. The van der Waals surface area contributed by atoms with Crippen LogP contribution >= 0.6 is 11.6 Å². The number of carbonyl (C=O) groups excluding carboxylic acids is 1. The normalized spacial score (nSPS) is 16.8. The summed E-state index contributed by atoms with van der Waals surface area (Å²) in [6, 6.07) is 11.4. The largest absolute Gasteiger partial charge is 0.342 e. The van der Waals surface area contributed by atoms with Crippen LogP contribution in [-0.2, 0) is 11.2 Å². The predicted octanol–water partition coefficient (Wildman–Crippen LogP) is 4.14. The number of pyridine rings is 1. The highest BCUT2D eigenvalue weighted by molar-refractivity contribution is 6.30. The molecular weight excluding hydrogens is 372 g/mol. The molecule has 1 aliphatic rings. The van der Waals surface area contributed by atoms with Crippen molar-refractivity contribution in [2.24, 2.45) is 0 Å². The van der Waals surface area contributed by atoms with Crippen LogP contribution in [0.5, 0.6) is 0 Å². The molecule has 142 valence electrons. The Bertz CT molecular complexity index is 964. The van der Waals surface area contributed by atoms with E-state index in [1.54, 1.807) is 18.6 Å². The first kappa shape index (κ1) is 18.6. The van der Waals surface area contributed by atoms with Crippen LogP contribution in [0.1, 0.15) is 30.0 Å². The Morgan fingerprint density at radius 2 is 2.07 bits per heavy atom. The molecule has 2 aromatic heterocycles. The molecule has 0 N–H and O–H groups in total. The number of benzene rings is 1. The molecule has 28 heavy (non-hydrogen) atoms. The van der Waals surface area contributed by atoms with E-state index in [-0.39, 0.29) is 11.8 Å². The average molecular weight is 393 g/mol. The molecule has 1 aromatic carbocycles. The zero-order valence-electron chi connectivity index (χ0n) is 15.5. The molecule has 0 radical (unpaired) electrons. The molecule has 6 heteroatoms. The summed E-state index contributed by atoms with van der Waals surface area (Å²) in [7, 11) is 0. The van der Waals surface area contributed by atoms with Gasteiger partial charge in [-0.25, -0.2) is 4.98 Å². The first-order valence-corrected chi connectivity index (χ1v) is 9.81. The topological polar surface area (TPSA) is 59.0 Å². The first-order chi connectivity index (χ1) is 13.7. The summed E-state index contributed by atoms with van der Waals surface area (Å²) in [5, 5.41) is 0.676. The van der Waals surface area contributed by atoms with Crippen molar-refractivity contribution < 1.29 is 4.79 Å². The Hall–Kier alpha value is -2.79. The van der Waals surface area contributed by atoms with Gasteiger partial charge in [0.05, 0.1) is 24.0 Å². The number of amides is 1. The van der Waals surface area contributed by atoms with Gasteiger partial charge in [-0.1, -0.05) is 29.8 Å². The second-order valence-corrected chi connectivity index (χ2v) is 7.49. The quantitative estimate of drug-likeness (QED) is 0.669. The smallest absolute Gasteiger partial charge is 0.227 e. The lowest BCUT2D eigenvalue weighted by Crippen LogP contribution is -2.40. The van der Waals surface area contributed by atoms with Crippen molar-refractivity contribution in [2.45, 2.75) is 25.2 Å². The number of likely N-dealkylation sites (tertiary alicyclic amines) is 1. The lowest BCUT2D eigenvalue weighted by atomic mass is 9.94. The van der Waals surface area contributed by atoms with E-state index in [1.807, 2.05) is 47.5 Å². The number of hydrogen-bond donors (Lipinski definition) is 0. The highest BCUT2D eigenvalue weighted by Gasteiger charge is 2.26. The van der Waals surface area contributed by atoms with Crippen molar-refractivity contribution in [1.29, 1.82) is 0 Å². The van der Waals surface area contributed by atoms with Crippen LogP contribution in [0.3, 0.4) is 0 Å². The summed E-state index contributed by atoms with van der Waals surface area (Å²) < 4.78 is 0. The van der Waals surface area contributed by atoms with Crippen LogP contribution < -0.4 is 0 Å². The number of hydrogen-bond acceptors (Lipinski definition) is 4. The Morgan fingerprint density at radius 3 is 2.89 bits per heavy atom. The molecule has 0 saturated carbocycles. The third kappa shape index (κ3) is 4.37. The zero-order valence-corrected chi connectivity index (χ0v) is 16.2. The molecule has 1 atom stereocenters. The van der Waals surface area contributed by atoms with E-state index in [2.05, 4.69) is 9.97 Å². The van der Waals surface area contributed by atoms with Gasteiger partial charge >= 0.3 is 0 Å². The maximum atomic E-state index is 12.7. The molecule has 3 heterocycles.